The Labute approximate surface area is 178 Å². The molecule has 1 saturated heterocycles. The average Bonchev–Trinajstić information content (AvgIpc) is 3.55. The van der Waals surface area contributed by atoms with Gasteiger partial charge in [0.15, 0.2) is 5.96 Å². The molecule has 1 atom stereocenters. The smallest absolute Gasteiger partial charge is 0.249 e. The van der Waals surface area contributed by atoms with Crippen LogP contribution in [0.2, 0.25) is 0 Å². The zero-order valence-electron chi connectivity index (χ0n) is 16.7. The van der Waals surface area contributed by atoms with Gasteiger partial charge in [-0.1, -0.05) is 40.7 Å². The lowest BCUT2D eigenvalue weighted by molar-refractivity contribution is 0.283. The molecule has 0 saturated carbocycles. The Balaban J connectivity index is 1.28. The number of nitrogens with two attached hydrogens (primary N) is 1. The fraction of sp³-hybridized carbons (Fsp3) is 0.238. The van der Waals surface area contributed by atoms with Crippen molar-refractivity contribution >= 4 is 5.96 Å². The van der Waals surface area contributed by atoms with Crippen LogP contribution in [0.3, 0.4) is 0 Å². The zero-order valence-corrected chi connectivity index (χ0v) is 16.7. The van der Waals surface area contributed by atoms with Crippen LogP contribution in [-0.2, 0) is 6.54 Å². The Bertz CT molecular complexity index is 1180. The van der Waals surface area contributed by atoms with Gasteiger partial charge in [0.25, 0.3) is 0 Å². The van der Waals surface area contributed by atoms with Gasteiger partial charge >= 0.3 is 0 Å². The number of hydrogen-bond donors (Lipinski definition) is 2. The summed E-state index contributed by atoms with van der Waals surface area (Å²) in [6, 6.07) is 13.5. The Morgan fingerprint density at radius 2 is 2.03 bits per heavy atom. The van der Waals surface area contributed by atoms with E-state index in [0.29, 0.717) is 18.3 Å². The maximum atomic E-state index is 7.71. The minimum absolute atomic E-state index is 0.0333. The molecule has 31 heavy (non-hydrogen) atoms. The van der Waals surface area contributed by atoms with E-state index < -0.39 is 0 Å². The lowest BCUT2D eigenvalue weighted by Crippen LogP contribution is -2.35. The van der Waals surface area contributed by atoms with E-state index in [1.54, 1.807) is 15.8 Å². The number of nitrogens with one attached hydrogen (secondary N) is 1. The van der Waals surface area contributed by atoms with Gasteiger partial charge in [-0.15, -0.1) is 5.10 Å². The SMILES string of the molecule is N=C(N)N1CCC[C@H]1c1nc(-c2ccc(Cn3cc(-c4ccccn4)nn3)cc2)no1. The van der Waals surface area contributed by atoms with Crippen LogP contribution >= 0.6 is 0 Å². The molecule has 10 nitrogen and oxygen atoms in total. The summed E-state index contributed by atoms with van der Waals surface area (Å²) in [5.74, 6) is 1.05. The van der Waals surface area contributed by atoms with Crippen molar-refractivity contribution < 1.29 is 4.52 Å². The van der Waals surface area contributed by atoms with Crippen LogP contribution < -0.4 is 5.73 Å². The molecule has 156 valence electrons. The van der Waals surface area contributed by atoms with Gasteiger partial charge in [-0.3, -0.25) is 10.4 Å². The van der Waals surface area contributed by atoms with E-state index in [2.05, 4.69) is 25.4 Å². The lowest BCUT2D eigenvalue weighted by atomic mass is 10.1. The molecule has 3 N–H and O–H groups in total. The third-order valence-electron chi connectivity index (χ3n) is 5.31. The van der Waals surface area contributed by atoms with E-state index >= 15 is 0 Å². The molecule has 0 amide bonds. The number of likely N-dealkylation sites (tertiary alicyclic amines) is 1. The minimum Gasteiger partial charge on any atom is -0.370 e. The normalized spacial score (nSPS) is 16.0. The van der Waals surface area contributed by atoms with Crippen molar-refractivity contribution in [2.75, 3.05) is 6.54 Å². The first kappa shape index (κ1) is 18.9. The largest absolute Gasteiger partial charge is 0.370 e. The Kier molecular flexibility index (Phi) is 4.87. The number of guanidine groups is 1. The maximum absolute atomic E-state index is 7.71. The van der Waals surface area contributed by atoms with Crippen LogP contribution in [0.4, 0.5) is 0 Å². The second kappa shape index (κ2) is 7.98. The molecule has 0 aliphatic carbocycles. The topological polar surface area (TPSA) is 136 Å². The molecule has 0 bridgehead atoms. The number of nitrogens with zero attached hydrogens (tertiary/aromatic N) is 7. The third kappa shape index (κ3) is 3.87. The second-order valence-electron chi connectivity index (χ2n) is 7.41. The van der Waals surface area contributed by atoms with E-state index in [1.807, 2.05) is 48.7 Å². The first-order valence-corrected chi connectivity index (χ1v) is 10.0. The van der Waals surface area contributed by atoms with Gasteiger partial charge < -0.3 is 15.2 Å². The molecule has 1 aliphatic rings. The van der Waals surface area contributed by atoms with Gasteiger partial charge in [0.05, 0.1) is 18.4 Å². The first-order valence-electron chi connectivity index (χ1n) is 10.0. The number of rotatable bonds is 5. The van der Waals surface area contributed by atoms with E-state index in [0.717, 1.165) is 41.9 Å². The Hall–Kier alpha value is -4.08. The highest BCUT2D eigenvalue weighted by Gasteiger charge is 2.31. The zero-order chi connectivity index (χ0) is 21.2. The molecule has 1 fully saturated rings. The van der Waals surface area contributed by atoms with Crippen LogP contribution in [0.15, 0.2) is 59.4 Å². The number of pyridine rings is 1. The van der Waals surface area contributed by atoms with Gasteiger partial charge in [0.2, 0.25) is 11.7 Å². The molecular weight excluding hydrogens is 394 g/mol. The van der Waals surface area contributed by atoms with Crippen LogP contribution in [0, 0.1) is 5.41 Å². The monoisotopic (exact) mass is 415 g/mol. The molecular formula is C21H21N9O. The molecule has 1 aliphatic heterocycles. The molecule has 3 aromatic heterocycles. The third-order valence-corrected chi connectivity index (χ3v) is 5.31. The molecule has 0 spiro atoms. The molecule has 10 heteroatoms. The Morgan fingerprint density at radius 1 is 1.16 bits per heavy atom. The van der Waals surface area contributed by atoms with Gasteiger partial charge in [-0.05, 0) is 30.5 Å². The summed E-state index contributed by atoms with van der Waals surface area (Å²) in [6.07, 6.45) is 5.41. The van der Waals surface area contributed by atoms with Crippen molar-refractivity contribution in [2.45, 2.75) is 25.4 Å². The standard InChI is InChI=1S/C21H21N9O/c22-21(23)30-11-3-5-18(30)20-25-19(27-31-20)15-8-6-14(7-9-15)12-29-13-17(26-28-29)16-4-1-2-10-24-16/h1-2,4,6-10,13,18H,3,5,11-12H2,(H3,22,23)/t18-/m0/s1. The molecule has 1 aromatic carbocycles. The molecule has 4 aromatic rings. The fourth-order valence-electron chi connectivity index (χ4n) is 3.75. The highest BCUT2D eigenvalue weighted by atomic mass is 16.5. The summed E-state index contributed by atoms with van der Waals surface area (Å²) in [7, 11) is 0. The number of hydrogen-bond acceptors (Lipinski definition) is 7. The number of aromatic nitrogens is 6. The summed E-state index contributed by atoms with van der Waals surface area (Å²) in [5.41, 5.74) is 9.13. The van der Waals surface area contributed by atoms with E-state index in [-0.39, 0.29) is 12.0 Å². The Morgan fingerprint density at radius 3 is 2.81 bits per heavy atom. The first-order chi connectivity index (χ1) is 15.2. The van der Waals surface area contributed by atoms with Crippen molar-refractivity contribution in [1.82, 2.24) is 35.0 Å². The van der Waals surface area contributed by atoms with Crippen LogP contribution in [0.25, 0.3) is 22.8 Å². The maximum Gasteiger partial charge on any atom is 0.249 e. The van der Waals surface area contributed by atoms with Crippen LogP contribution in [0.1, 0.15) is 30.3 Å². The van der Waals surface area contributed by atoms with E-state index in [4.69, 9.17) is 15.7 Å². The van der Waals surface area contributed by atoms with Gasteiger partial charge in [-0.25, -0.2) is 4.68 Å². The minimum atomic E-state index is -0.126. The van der Waals surface area contributed by atoms with E-state index in [9.17, 15) is 0 Å². The second-order valence-corrected chi connectivity index (χ2v) is 7.41. The summed E-state index contributed by atoms with van der Waals surface area (Å²) in [4.78, 5) is 10.6. The fourth-order valence-corrected chi connectivity index (χ4v) is 3.75. The molecule has 5 rings (SSSR count). The van der Waals surface area contributed by atoms with Gasteiger partial charge in [0, 0.05) is 18.3 Å². The summed E-state index contributed by atoms with van der Waals surface area (Å²) >= 11 is 0. The molecule has 0 unspecified atom stereocenters. The highest BCUT2D eigenvalue weighted by Crippen LogP contribution is 2.31. The van der Waals surface area contributed by atoms with Crippen molar-refractivity contribution in [3.05, 3.63) is 66.3 Å². The highest BCUT2D eigenvalue weighted by molar-refractivity contribution is 5.75. The van der Waals surface area contributed by atoms with Crippen LogP contribution in [0.5, 0.6) is 0 Å². The predicted octanol–water partition coefficient (Wildman–Crippen LogP) is 2.47. The van der Waals surface area contributed by atoms with E-state index in [1.165, 1.54) is 0 Å². The van der Waals surface area contributed by atoms with Crippen LogP contribution in [-0.4, -0.2) is 47.5 Å². The van der Waals surface area contributed by atoms with Crippen molar-refractivity contribution in [3.63, 3.8) is 0 Å². The lowest BCUT2D eigenvalue weighted by Gasteiger charge is -2.21. The average molecular weight is 415 g/mol. The number of benzene rings is 1. The van der Waals surface area contributed by atoms with Crippen molar-refractivity contribution in [3.8, 4) is 22.8 Å². The summed E-state index contributed by atoms with van der Waals surface area (Å²) in [6.45, 7) is 1.32. The van der Waals surface area contributed by atoms with Gasteiger partial charge in [0.1, 0.15) is 11.7 Å². The quantitative estimate of drug-likeness (QED) is 0.375. The van der Waals surface area contributed by atoms with Crippen molar-refractivity contribution in [1.29, 1.82) is 5.41 Å². The predicted molar refractivity (Wildman–Crippen MR) is 113 cm³/mol. The molecule has 4 heterocycles. The summed E-state index contributed by atoms with van der Waals surface area (Å²) in [5, 5.41) is 20.2. The van der Waals surface area contributed by atoms with Gasteiger partial charge in [-0.2, -0.15) is 4.98 Å². The van der Waals surface area contributed by atoms with Crippen molar-refractivity contribution in [2.24, 2.45) is 5.73 Å². The summed E-state index contributed by atoms with van der Waals surface area (Å²) < 4.78 is 7.25. The molecule has 0 radical (unpaired) electrons.